The van der Waals surface area contributed by atoms with E-state index < -0.39 is 0 Å². The first-order chi connectivity index (χ1) is 8.79. The van der Waals surface area contributed by atoms with Crippen molar-refractivity contribution in [3.63, 3.8) is 0 Å². The Morgan fingerprint density at radius 3 is 2.95 bits per heavy atom. The first-order valence-electron chi connectivity index (χ1n) is 6.90. The van der Waals surface area contributed by atoms with Crippen molar-refractivity contribution in [2.24, 2.45) is 10.4 Å². The van der Waals surface area contributed by atoms with Gasteiger partial charge in [0.05, 0.1) is 19.8 Å². The molecule has 2 rings (SSSR count). The van der Waals surface area contributed by atoms with Crippen molar-refractivity contribution >= 4 is 29.9 Å². The summed E-state index contributed by atoms with van der Waals surface area (Å²) >= 11 is 0. The van der Waals surface area contributed by atoms with Gasteiger partial charge in [-0.1, -0.05) is 0 Å². The number of guanidine groups is 1. The van der Waals surface area contributed by atoms with Crippen LogP contribution in [-0.2, 0) is 9.47 Å². The van der Waals surface area contributed by atoms with E-state index in [1.165, 1.54) is 12.8 Å². The third-order valence-electron chi connectivity index (χ3n) is 3.81. The first-order valence-corrected chi connectivity index (χ1v) is 6.90. The largest absolute Gasteiger partial charge is 0.383 e. The molecule has 0 aromatic heterocycles. The number of hydrogen-bond donors (Lipinski definition) is 1. The second-order valence-corrected chi connectivity index (χ2v) is 5.20. The van der Waals surface area contributed by atoms with Gasteiger partial charge in [0.1, 0.15) is 0 Å². The van der Waals surface area contributed by atoms with Crippen molar-refractivity contribution in [3.05, 3.63) is 0 Å². The number of halogens is 1. The lowest BCUT2D eigenvalue weighted by molar-refractivity contribution is 0.156. The fourth-order valence-corrected chi connectivity index (χ4v) is 2.76. The number of nitrogens with zero attached hydrogens (tertiary/aromatic N) is 2. The highest BCUT2D eigenvalue weighted by Gasteiger charge is 2.42. The summed E-state index contributed by atoms with van der Waals surface area (Å²) < 4.78 is 10.6. The van der Waals surface area contributed by atoms with Gasteiger partial charge in [-0.05, 0) is 19.8 Å². The Labute approximate surface area is 133 Å². The smallest absolute Gasteiger partial charge is 0.194 e. The molecule has 6 heteroatoms. The average molecular weight is 383 g/mol. The summed E-state index contributed by atoms with van der Waals surface area (Å²) in [6.07, 6.45) is 2.42. The molecule has 1 spiro atoms. The molecule has 5 nitrogen and oxygen atoms in total. The van der Waals surface area contributed by atoms with E-state index in [9.17, 15) is 0 Å². The molecule has 0 bridgehead atoms. The minimum absolute atomic E-state index is 0. The van der Waals surface area contributed by atoms with Gasteiger partial charge in [0.2, 0.25) is 0 Å². The number of methoxy groups -OCH3 is 1. The van der Waals surface area contributed by atoms with E-state index in [-0.39, 0.29) is 24.0 Å². The van der Waals surface area contributed by atoms with Gasteiger partial charge in [0.25, 0.3) is 0 Å². The Morgan fingerprint density at radius 2 is 2.32 bits per heavy atom. The van der Waals surface area contributed by atoms with E-state index in [1.54, 1.807) is 7.11 Å². The van der Waals surface area contributed by atoms with Gasteiger partial charge >= 0.3 is 0 Å². The van der Waals surface area contributed by atoms with E-state index in [2.05, 4.69) is 22.1 Å². The fraction of sp³-hybridized carbons (Fsp3) is 0.923. The van der Waals surface area contributed by atoms with Gasteiger partial charge in [-0.3, -0.25) is 4.99 Å². The molecular formula is C13H26IN3O2. The summed E-state index contributed by atoms with van der Waals surface area (Å²) in [7, 11) is 1.71. The van der Waals surface area contributed by atoms with Crippen LogP contribution in [-0.4, -0.2) is 64.0 Å². The Kier molecular flexibility index (Phi) is 7.38. The topological polar surface area (TPSA) is 46.1 Å². The minimum Gasteiger partial charge on any atom is -0.383 e. The molecule has 1 atom stereocenters. The van der Waals surface area contributed by atoms with Gasteiger partial charge in [0, 0.05) is 38.8 Å². The maximum Gasteiger partial charge on any atom is 0.194 e. The number of hydrogen-bond acceptors (Lipinski definition) is 3. The van der Waals surface area contributed by atoms with E-state index in [0.717, 1.165) is 45.4 Å². The van der Waals surface area contributed by atoms with Crippen molar-refractivity contribution in [1.29, 1.82) is 0 Å². The van der Waals surface area contributed by atoms with Crippen LogP contribution >= 0.6 is 24.0 Å². The summed E-state index contributed by atoms with van der Waals surface area (Å²) in [5, 5.41) is 3.37. The lowest BCUT2D eigenvalue weighted by Gasteiger charge is -2.24. The van der Waals surface area contributed by atoms with E-state index >= 15 is 0 Å². The molecule has 0 aliphatic carbocycles. The lowest BCUT2D eigenvalue weighted by Crippen LogP contribution is -2.41. The molecule has 0 saturated carbocycles. The van der Waals surface area contributed by atoms with Gasteiger partial charge in [-0.15, -0.1) is 24.0 Å². The normalized spacial score (nSPS) is 26.8. The maximum absolute atomic E-state index is 5.56. The Bertz CT molecular complexity index is 294. The maximum atomic E-state index is 5.56. The second kappa shape index (κ2) is 8.26. The van der Waals surface area contributed by atoms with Crippen molar-refractivity contribution in [2.75, 3.05) is 53.1 Å². The zero-order valence-corrected chi connectivity index (χ0v) is 14.3. The van der Waals surface area contributed by atoms with Gasteiger partial charge in [-0.25, -0.2) is 0 Å². The molecule has 0 aromatic carbocycles. The summed E-state index contributed by atoms with van der Waals surface area (Å²) in [6.45, 7) is 8.41. The standard InChI is InChI=1S/C13H25N3O2.HI/c1-3-14-12(15-6-9-17-2)16-7-4-13(10-16)5-8-18-11-13;/h3-11H2,1-2H3,(H,14,15);1H. The number of likely N-dealkylation sites (tertiary alicyclic amines) is 1. The predicted octanol–water partition coefficient (Wildman–Crippen LogP) is 1.33. The van der Waals surface area contributed by atoms with Gasteiger partial charge < -0.3 is 19.7 Å². The molecule has 2 saturated heterocycles. The Morgan fingerprint density at radius 1 is 1.47 bits per heavy atom. The monoisotopic (exact) mass is 383 g/mol. The number of ether oxygens (including phenoxy) is 2. The van der Waals surface area contributed by atoms with Gasteiger partial charge in [-0.2, -0.15) is 0 Å². The third kappa shape index (κ3) is 4.46. The van der Waals surface area contributed by atoms with Crippen molar-refractivity contribution in [1.82, 2.24) is 10.2 Å². The third-order valence-corrected chi connectivity index (χ3v) is 3.81. The molecular weight excluding hydrogens is 357 g/mol. The first kappa shape index (κ1) is 17.0. The zero-order valence-electron chi connectivity index (χ0n) is 12.0. The summed E-state index contributed by atoms with van der Waals surface area (Å²) in [6, 6.07) is 0. The molecule has 0 amide bonds. The van der Waals surface area contributed by atoms with Crippen LogP contribution in [0.5, 0.6) is 0 Å². The minimum atomic E-state index is 0. The lowest BCUT2D eigenvalue weighted by atomic mass is 9.87. The van der Waals surface area contributed by atoms with Crippen LogP contribution in [0.2, 0.25) is 0 Å². The van der Waals surface area contributed by atoms with E-state index in [1.807, 2.05) is 0 Å². The van der Waals surface area contributed by atoms with Crippen LogP contribution in [0.4, 0.5) is 0 Å². The average Bonchev–Trinajstić information content (AvgIpc) is 3.00. The van der Waals surface area contributed by atoms with E-state index in [0.29, 0.717) is 12.0 Å². The fourth-order valence-electron chi connectivity index (χ4n) is 2.76. The molecule has 2 aliphatic heterocycles. The number of aliphatic imine (C=N–C) groups is 1. The molecule has 0 aromatic rings. The van der Waals surface area contributed by atoms with Crippen LogP contribution in [0, 0.1) is 5.41 Å². The highest BCUT2D eigenvalue weighted by molar-refractivity contribution is 14.0. The highest BCUT2D eigenvalue weighted by Crippen LogP contribution is 2.38. The Hall–Kier alpha value is -0.0800. The summed E-state index contributed by atoms with van der Waals surface area (Å²) in [5.41, 5.74) is 0.386. The van der Waals surface area contributed by atoms with Crippen LogP contribution < -0.4 is 5.32 Å². The van der Waals surface area contributed by atoms with Crippen LogP contribution in [0.15, 0.2) is 4.99 Å². The van der Waals surface area contributed by atoms with Crippen molar-refractivity contribution in [3.8, 4) is 0 Å². The van der Waals surface area contributed by atoms with Crippen LogP contribution in [0.25, 0.3) is 0 Å². The quantitative estimate of drug-likeness (QED) is 0.345. The summed E-state index contributed by atoms with van der Waals surface area (Å²) in [4.78, 5) is 6.97. The van der Waals surface area contributed by atoms with Crippen molar-refractivity contribution in [2.45, 2.75) is 19.8 Å². The molecule has 2 aliphatic rings. The van der Waals surface area contributed by atoms with Crippen molar-refractivity contribution < 1.29 is 9.47 Å². The molecule has 0 radical (unpaired) electrons. The Balaban J connectivity index is 0.00000180. The molecule has 1 unspecified atom stereocenters. The van der Waals surface area contributed by atoms with Crippen LogP contribution in [0.1, 0.15) is 19.8 Å². The highest BCUT2D eigenvalue weighted by atomic mass is 127. The molecule has 2 heterocycles. The zero-order chi connectivity index (χ0) is 12.8. The molecule has 112 valence electrons. The number of rotatable bonds is 4. The molecule has 2 fully saturated rings. The van der Waals surface area contributed by atoms with E-state index in [4.69, 9.17) is 9.47 Å². The second-order valence-electron chi connectivity index (χ2n) is 5.20. The van der Waals surface area contributed by atoms with Gasteiger partial charge in [0.15, 0.2) is 5.96 Å². The van der Waals surface area contributed by atoms with Crippen LogP contribution in [0.3, 0.4) is 0 Å². The summed E-state index contributed by atoms with van der Waals surface area (Å²) in [5.74, 6) is 1.03. The molecule has 1 N–H and O–H groups in total. The SMILES string of the molecule is CCNC(=NCCOC)N1CCC2(CCOC2)C1.I. The predicted molar refractivity (Wildman–Crippen MR) is 87.3 cm³/mol. The molecule has 19 heavy (non-hydrogen) atoms. The number of nitrogens with one attached hydrogen (secondary N) is 1.